The summed E-state index contributed by atoms with van der Waals surface area (Å²) in [6.07, 6.45) is 7.87. The number of carboxylic acids is 1. The lowest BCUT2D eigenvalue weighted by molar-refractivity contribution is -0.131. The summed E-state index contributed by atoms with van der Waals surface area (Å²) in [5.41, 5.74) is 0. The summed E-state index contributed by atoms with van der Waals surface area (Å²) in [7, 11) is 0. The first-order valence-electron chi connectivity index (χ1n) is 3.35. The fourth-order valence-corrected chi connectivity index (χ4v) is 0.508. The summed E-state index contributed by atoms with van der Waals surface area (Å²) >= 11 is 0. The van der Waals surface area contributed by atoms with Crippen molar-refractivity contribution in [2.75, 3.05) is 6.54 Å². The molecule has 0 spiro atoms. The average Bonchev–Trinajstić information content (AvgIpc) is 2.02. The number of hydrogen-bond donors (Lipinski definition) is 1. The average molecular weight is 167 g/mol. The predicted octanol–water partition coefficient (Wildman–Crippen LogP) is 0.909. The third-order valence-electron chi connectivity index (χ3n) is 0.961. The number of carboxylic acid groups (broad SMARTS) is 1. The molecule has 0 aliphatic heterocycles. The number of carbonyl (C=O) groups is 1. The molecule has 0 rings (SSSR count). The van der Waals surface area contributed by atoms with Gasteiger partial charge in [0.1, 0.15) is 0 Å². The van der Waals surface area contributed by atoms with Gasteiger partial charge in [0.25, 0.3) is 0 Å². The summed E-state index contributed by atoms with van der Waals surface area (Å²) in [5.74, 6) is -0.964. The summed E-state index contributed by atoms with van der Waals surface area (Å²) in [5, 5.41) is 8.17. The van der Waals surface area contributed by atoms with Gasteiger partial charge >= 0.3 is 5.97 Å². The Morgan fingerprint density at radius 2 is 2.17 bits per heavy atom. The van der Waals surface area contributed by atoms with Crippen LogP contribution in [-0.4, -0.2) is 23.7 Å². The van der Waals surface area contributed by atoms with Gasteiger partial charge in [-0.2, -0.15) is 0 Å². The highest BCUT2D eigenvalue weighted by Gasteiger charge is 1.81. The van der Waals surface area contributed by atoms with Crippen molar-refractivity contribution in [3.05, 3.63) is 24.3 Å². The van der Waals surface area contributed by atoms with Crippen LogP contribution < -0.4 is 0 Å². The maximum absolute atomic E-state index is 9.95. The van der Waals surface area contributed by atoms with E-state index in [9.17, 15) is 9.59 Å². The highest BCUT2D eigenvalue weighted by molar-refractivity contribution is 5.79. The predicted molar refractivity (Wildman–Crippen MR) is 43.5 cm³/mol. The van der Waals surface area contributed by atoms with E-state index in [1.54, 1.807) is 12.2 Å². The van der Waals surface area contributed by atoms with Crippen LogP contribution in [0.2, 0.25) is 0 Å². The molecule has 0 atom stereocenters. The minimum Gasteiger partial charge on any atom is -0.478 e. The van der Waals surface area contributed by atoms with Crippen LogP contribution in [0.25, 0.3) is 0 Å². The molecule has 0 unspecified atom stereocenters. The second-order valence-corrected chi connectivity index (χ2v) is 1.88. The van der Waals surface area contributed by atoms with E-state index in [4.69, 9.17) is 5.11 Å². The molecule has 0 radical (unpaired) electrons. The van der Waals surface area contributed by atoms with Gasteiger partial charge < -0.3 is 5.11 Å². The number of aliphatic imine (C=N–C) groups is 1. The van der Waals surface area contributed by atoms with Crippen LogP contribution in [0.3, 0.4) is 0 Å². The topological polar surface area (TPSA) is 66.7 Å². The van der Waals surface area contributed by atoms with Crippen LogP contribution in [0.1, 0.15) is 6.42 Å². The van der Waals surface area contributed by atoms with E-state index in [0.29, 0.717) is 13.0 Å². The number of isocyanates is 1. The maximum atomic E-state index is 9.95. The van der Waals surface area contributed by atoms with E-state index in [-0.39, 0.29) is 0 Å². The van der Waals surface area contributed by atoms with E-state index in [1.165, 1.54) is 12.2 Å². The van der Waals surface area contributed by atoms with Gasteiger partial charge in [-0.3, -0.25) is 0 Å². The third kappa shape index (κ3) is 8.33. The summed E-state index contributed by atoms with van der Waals surface area (Å²) in [4.78, 5) is 22.8. The molecular formula is C8H9NO3. The van der Waals surface area contributed by atoms with Crippen LogP contribution in [0.5, 0.6) is 0 Å². The summed E-state index contributed by atoms with van der Waals surface area (Å²) in [6, 6.07) is 0. The first kappa shape index (κ1) is 10.3. The maximum Gasteiger partial charge on any atom is 0.327 e. The van der Waals surface area contributed by atoms with Crippen molar-refractivity contribution in [2.45, 2.75) is 6.42 Å². The van der Waals surface area contributed by atoms with Gasteiger partial charge in [-0.05, 0) is 6.42 Å². The molecule has 0 aromatic carbocycles. The Bertz CT molecular complexity index is 237. The molecule has 12 heavy (non-hydrogen) atoms. The van der Waals surface area contributed by atoms with E-state index >= 15 is 0 Å². The summed E-state index contributed by atoms with van der Waals surface area (Å²) in [6.45, 7) is 0.296. The number of rotatable bonds is 5. The highest BCUT2D eigenvalue weighted by atomic mass is 16.4. The second-order valence-electron chi connectivity index (χ2n) is 1.88. The normalized spacial score (nSPS) is 10.3. The Morgan fingerprint density at radius 3 is 2.75 bits per heavy atom. The van der Waals surface area contributed by atoms with Crippen LogP contribution >= 0.6 is 0 Å². The molecule has 0 heterocycles. The Balaban J connectivity index is 3.48. The Hall–Kier alpha value is -1.67. The monoisotopic (exact) mass is 167 g/mol. The smallest absolute Gasteiger partial charge is 0.327 e. The zero-order valence-corrected chi connectivity index (χ0v) is 6.43. The molecular weight excluding hydrogens is 158 g/mol. The molecule has 4 nitrogen and oxygen atoms in total. The standard InChI is InChI=1S/C8H9NO3/c10-7-9-6-4-2-1-3-5-8(11)12/h2-5H,1,6H2,(H,11,12). The molecule has 0 aromatic heterocycles. The highest BCUT2D eigenvalue weighted by Crippen LogP contribution is 1.85. The van der Waals surface area contributed by atoms with Crippen molar-refractivity contribution in [2.24, 2.45) is 4.99 Å². The van der Waals surface area contributed by atoms with Crippen LogP contribution in [0, 0.1) is 0 Å². The number of carbonyl (C=O) groups excluding carboxylic acids is 1. The van der Waals surface area contributed by atoms with Gasteiger partial charge in [0.05, 0.1) is 6.54 Å². The fourth-order valence-electron chi connectivity index (χ4n) is 0.508. The Labute approximate surface area is 69.9 Å². The lowest BCUT2D eigenvalue weighted by Crippen LogP contribution is -1.84. The molecule has 0 aromatic rings. The molecule has 1 N–H and O–H groups in total. The number of hydrogen-bond acceptors (Lipinski definition) is 3. The van der Waals surface area contributed by atoms with E-state index in [0.717, 1.165) is 6.08 Å². The fraction of sp³-hybridized carbons (Fsp3) is 0.250. The van der Waals surface area contributed by atoms with Crippen molar-refractivity contribution in [1.29, 1.82) is 0 Å². The van der Waals surface area contributed by atoms with E-state index < -0.39 is 5.97 Å². The quantitative estimate of drug-likeness (QED) is 0.286. The van der Waals surface area contributed by atoms with Crippen molar-refractivity contribution < 1.29 is 14.7 Å². The lowest BCUT2D eigenvalue weighted by atomic mass is 10.3. The molecule has 4 heteroatoms. The van der Waals surface area contributed by atoms with E-state index in [2.05, 4.69) is 4.99 Å². The molecule has 64 valence electrons. The van der Waals surface area contributed by atoms with Gasteiger partial charge in [0, 0.05) is 6.08 Å². The first-order valence-corrected chi connectivity index (χ1v) is 3.35. The molecule has 0 fully saturated rings. The number of aliphatic carboxylic acids is 1. The number of nitrogens with zero attached hydrogens (tertiary/aromatic N) is 1. The summed E-state index contributed by atoms with van der Waals surface area (Å²) < 4.78 is 0. The van der Waals surface area contributed by atoms with Crippen LogP contribution in [-0.2, 0) is 9.59 Å². The largest absolute Gasteiger partial charge is 0.478 e. The van der Waals surface area contributed by atoms with Crippen molar-refractivity contribution in [3.8, 4) is 0 Å². The minimum absolute atomic E-state index is 0.296. The van der Waals surface area contributed by atoms with E-state index in [1.807, 2.05) is 0 Å². The Kier molecular flexibility index (Phi) is 6.40. The van der Waals surface area contributed by atoms with Crippen LogP contribution in [0.15, 0.2) is 29.3 Å². The van der Waals surface area contributed by atoms with Gasteiger partial charge in [-0.25, -0.2) is 14.6 Å². The molecule has 0 saturated carbocycles. The van der Waals surface area contributed by atoms with Gasteiger partial charge in [0.15, 0.2) is 0 Å². The zero-order valence-electron chi connectivity index (χ0n) is 6.43. The molecule has 0 aliphatic rings. The molecule has 0 aliphatic carbocycles. The van der Waals surface area contributed by atoms with Crippen molar-refractivity contribution in [3.63, 3.8) is 0 Å². The van der Waals surface area contributed by atoms with Gasteiger partial charge in [-0.1, -0.05) is 18.2 Å². The third-order valence-corrected chi connectivity index (χ3v) is 0.961. The Morgan fingerprint density at radius 1 is 1.42 bits per heavy atom. The minimum atomic E-state index is -0.964. The first-order chi connectivity index (χ1) is 5.77. The van der Waals surface area contributed by atoms with Crippen molar-refractivity contribution >= 4 is 12.0 Å². The SMILES string of the molecule is O=C=NCC=CCC=CC(=O)O. The van der Waals surface area contributed by atoms with Gasteiger partial charge in [0.2, 0.25) is 6.08 Å². The lowest BCUT2D eigenvalue weighted by Gasteiger charge is -1.80. The van der Waals surface area contributed by atoms with Crippen LogP contribution in [0.4, 0.5) is 0 Å². The zero-order chi connectivity index (χ0) is 9.23. The van der Waals surface area contributed by atoms with Crippen molar-refractivity contribution in [1.82, 2.24) is 0 Å². The molecule has 0 amide bonds. The second kappa shape index (κ2) is 7.44. The van der Waals surface area contributed by atoms with Gasteiger partial charge in [-0.15, -0.1) is 0 Å². The number of allylic oxidation sites excluding steroid dienone is 2. The molecule has 0 bridgehead atoms. The molecule has 0 saturated heterocycles.